The van der Waals surface area contributed by atoms with Crippen molar-refractivity contribution in [3.8, 4) is 23.0 Å². The van der Waals surface area contributed by atoms with Gasteiger partial charge in [-0.3, -0.25) is 9.79 Å². The third kappa shape index (κ3) is 7.60. The van der Waals surface area contributed by atoms with Crippen molar-refractivity contribution in [1.82, 2.24) is 9.55 Å². The quantitative estimate of drug-likeness (QED) is 0.133. The number of aromatic nitrogens is 2. The Morgan fingerprint density at radius 3 is 1.90 bits per heavy atom. The summed E-state index contributed by atoms with van der Waals surface area (Å²) in [5.41, 5.74) is 3.75. The van der Waals surface area contributed by atoms with Gasteiger partial charge in [0.05, 0.1) is 58.2 Å². The van der Waals surface area contributed by atoms with Gasteiger partial charge in [0.1, 0.15) is 0 Å². The summed E-state index contributed by atoms with van der Waals surface area (Å²) in [6.07, 6.45) is -3.50. The summed E-state index contributed by atoms with van der Waals surface area (Å²) < 4.78 is 89.1. The summed E-state index contributed by atoms with van der Waals surface area (Å²) in [6, 6.07) is 0.977. The zero-order valence-electron chi connectivity index (χ0n) is 33.1. The topological polar surface area (TPSA) is 127 Å². The SMILES string of the molecule is CCC1=C(C)C2=NC1=Cc1nc3c(c([O-])n(Cc4cc(C(F)(F)F)cc(C(F)(F)F)c4)c([O-])c-3c1C)C1=NC(=CC3=NC(=C2)C(CC)=C3C)[C@@H](C)[C@@H]1CCC(=O)OC.[Ni+2]. The molecule has 0 radical (unpaired) electrons. The average molecular weight is 862 g/mol. The second-order valence-electron chi connectivity index (χ2n) is 14.9. The molecule has 1 aromatic rings. The summed E-state index contributed by atoms with van der Waals surface area (Å²) >= 11 is 0. The number of alkyl halides is 6. The molecule has 0 aliphatic carbocycles. The molecule has 6 heterocycles. The number of esters is 1. The fourth-order valence-corrected chi connectivity index (χ4v) is 8.28. The summed E-state index contributed by atoms with van der Waals surface area (Å²) in [5.74, 6) is -3.52. The number of ether oxygens (including phenoxy) is 1. The van der Waals surface area contributed by atoms with Crippen LogP contribution in [0.4, 0.5) is 26.3 Å². The first-order valence-corrected chi connectivity index (χ1v) is 18.8. The van der Waals surface area contributed by atoms with Gasteiger partial charge in [-0.1, -0.05) is 20.8 Å². The van der Waals surface area contributed by atoms with Crippen LogP contribution in [0.1, 0.15) is 93.8 Å². The van der Waals surface area contributed by atoms with Crippen molar-refractivity contribution in [2.45, 2.75) is 86.1 Å². The Morgan fingerprint density at radius 1 is 0.814 bits per heavy atom. The van der Waals surface area contributed by atoms with E-state index in [2.05, 4.69) is 0 Å². The van der Waals surface area contributed by atoms with Gasteiger partial charge in [-0.15, -0.1) is 0 Å². The summed E-state index contributed by atoms with van der Waals surface area (Å²) in [7, 11) is 1.24. The minimum atomic E-state index is -5.16. The number of carbonyl (C=O) groups is 1. The summed E-state index contributed by atoms with van der Waals surface area (Å²) in [4.78, 5) is 32.3. The van der Waals surface area contributed by atoms with E-state index in [1.54, 1.807) is 13.0 Å². The van der Waals surface area contributed by atoms with Crippen molar-refractivity contribution in [2.75, 3.05) is 7.11 Å². The summed E-state index contributed by atoms with van der Waals surface area (Å²) in [6.45, 7) is 10.5. The van der Waals surface area contributed by atoms with Crippen molar-refractivity contribution in [3.05, 3.63) is 103 Å². The van der Waals surface area contributed by atoms with Gasteiger partial charge < -0.3 is 19.5 Å². The normalized spacial score (nSPS) is 19.1. The molecule has 0 aromatic heterocycles. The second kappa shape index (κ2) is 15.7. The van der Waals surface area contributed by atoms with Crippen LogP contribution in [0.25, 0.3) is 17.3 Å². The molecule has 6 aliphatic rings. The third-order valence-corrected chi connectivity index (χ3v) is 11.5. The van der Waals surface area contributed by atoms with Crippen LogP contribution in [0, 0.1) is 18.8 Å². The molecule has 0 spiro atoms. The molecule has 59 heavy (non-hydrogen) atoms. The molecule has 0 N–H and O–H groups in total. The van der Waals surface area contributed by atoms with E-state index in [1.165, 1.54) is 7.11 Å². The first-order chi connectivity index (χ1) is 27.3. The third-order valence-electron chi connectivity index (χ3n) is 11.5. The Labute approximate surface area is 346 Å². The zero-order chi connectivity index (χ0) is 42.2. The maximum absolute atomic E-state index is 14.8. The monoisotopic (exact) mass is 861 g/mol. The van der Waals surface area contributed by atoms with Crippen molar-refractivity contribution >= 4 is 29.2 Å². The average Bonchev–Trinajstić information content (AvgIpc) is 3.84. The van der Waals surface area contributed by atoms with Crippen LogP contribution in [0.5, 0.6) is 11.8 Å². The van der Waals surface area contributed by atoms with Gasteiger partial charge >= 0.3 is 34.8 Å². The number of carbonyl (C=O) groups excluding carboxylic acids is 1. The molecule has 6 aliphatic heterocycles. The van der Waals surface area contributed by atoms with Crippen LogP contribution in [-0.2, 0) is 44.9 Å². The van der Waals surface area contributed by atoms with E-state index < -0.39 is 65.2 Å². The number of benzene rings is 1. The van der Waals surface area contributed by atoms with Crippen molar-refractivity contribution in [1.29, 1.82) is 0 Å². The number of halogens is 6. The molecular weight excluding hydrogens is 823 g/mol. The maximum Gasteiger partial charge on any atom is 2.00 e. The number of hydrogen-bond donors (Lipinski definition) is 0. The van der Waals surface area contributed by atoms with Crippen LogP contribution >= 0.6 is 0 Å². The molecule has 0 amide bonds. The van der Waals surface area contributed by atoms with Gasteiger partial charge in [-0.25, -0.2) is 15.0 Å². The number of pyridine rings is 1. The first kappa shape index (κ1) is 43.3. The van der Waals surface area contributed by atoms with Gasteiger partial charge in [-0.05, 0) is 122 Å². The van der Waals surface area contributed by atoms with E-state index >= 15 is 0 Å². The number of methoxy groups -OCH3 is 1. The molecule has 312 valence electrons. The van der Waals surface area contributed by atoms with Gasteiger partial charge in [0.2, 0.25) is 0 Å². The molecule has 7 rings (SSSR count). The minimum Gasteiger partial charge on any atom is -0.860 e. The van der Waals surface area contributed by atoms with Crippen LogP contribution in [0.2, 0.25) is 0 Å². The Kier molecular flexibility index (Phi) is 11.6. The smallest absolute Gasteiger partial charge is 0.860 e. The van der Waals surface area contributed by atoms with Crippen LogP contribution < -0.4 is 10.2 Å². The van der Waals surface area contributed by atoms with Gasteiger partial charge in [0, 0.05) is 41.6 Å². The van der Waals surface area contributed by atoms with Gasteiger partial charge in [-0.2, -0.15) is 26.3 Å². The fraction of sp³-hybridized carbons (Fsp3) is 0.372. The predicted octanol–water partition coefficient (Wildman–Crippen LogP) is 9.02. The standard InChI is InChI=1S/C43H41F6N5O4.Ni/c1-8-26-19(3)29-15-31-21(5)28(10-11-35(55)58-7)38(52-31)37-39-36(22(6)32(53-39)17-34-27(9-2)20(4)30(51-34)16-33(26)50-29)40(56)54(41(37)57)18-23-12-24(42(44,45)46)14-25(13-23)43(47,48)49;/h12-17,21,28,56-57H,8-11,18H2,1-7H3;/q;+2/p-2/t21-,28-;/m0./s1. The largest absolute Gasteiger partial charge is 2.00 e. The summed E-state index contributed by atoms with van der Waals surface area (Å²) in [5, 5.41) is 29.3. The molecular formula is C43H39F6N5NiO4. The van der Waals surface area contributed by atoms with Crippen molar-refractivity contribution in [3.63, 3.8) is 0 Å². The Morgan fingerprint density at radius 2 is 1.36 bits per heavy atom. The zero-order valence-corrected chi connectivity index (χ0v) is 34.1. The number of hydrogen-bond acceptors (Lipinski definition) is 8. The molecule has 0 unspecified atom stereocenters. The Balaban J connectivity index is 0.00000585. The molecule has 0 saturated heterocycles. The number of nitrogens with zero attached hydrogens (tertiary/aromatic N) is 5. The fourth-order valence-electron chi connectivity index (χ4n) is 8.28. The Bertz CT molecular complexity index is 2480. The molecule has 8 bridgehead atoms. The molecule has 2 atom stereocenters. The Hall–Kier alpha value is -5.24. The number of fused-ring (bicyclic) bond motifs is 5. The first-order valence-electron chi connectivity index (χ1n) is 18.8. The maximum atomic E-state index is 14.8. The van der Waals surface area contributed by atoms with Gasteiger partial charge in [0.25, 0.3) is 0 Å². The molecule has 0 saturated carbocycles. The minimum absolute atomic E-state index is 0. The van der Waals surface area contributed by atoms with Crippen molar-refractivity contribution in [2.24, 2.45) is 26.8 Å². The van der Waals surface area contributed by atoms with E-state index in [-0.39, 0.29) is 57.9 Å². The molecule has 9 nitrogen and oxygen atoms in total. The predicted molar refractivity (Wildman–Crippen MR) is 203 cm³/mol. The van der Waals surface area contributed by atoms with Crippen molar-refractivity contribution < 1.29 is 62.6 Å². The molecule has 1 aromatic carbocycles. The number of rotatable bonds is 7. The van der Waals surface area contributed by atoms with E-state index in [4.69, 9.17) is 24.7 Å². The molecule has 0 fully saturated rings. The van der Waals surface area contributed by atoms with Gasteiger partial charge in [0.15, 0.2) is 0 Å². The second-order valence-corrected chi connectivity index (χ2v) is 14.9. The molecule has 16 heteroatoms. The van der Waals surface area contributed by atoms with E-state index in [1.807, 2.05) is 46.8 Å². The van der Waals surface area contributed by atoms with E-state index in [0.29, 0.717) is 63.6 Å². The number of allylic oxidation sites excluding steroid dienone is 7. The number of aliphatic imine (C=N–C) groups is 3. The van der Waals surface area contributed by atoms with E-state index in [0.717, 1.165) is 28.0 Å². The van der Waals surface area contributed by atoms with E-state index in [9.17, 15) is 41.4 Å². The van der Waals surface area contributed by atoms with Crippen LogP contribution in [0.15, 0.2) is 84.7 Å². The van der Waals surface area contributed by atoms with Crippen LogP contribution in [-0.4, -0.2) is 39.8 Å². The van der Waals surface area contributed by atoms with Crippen LogP contribution in [0.3, 0.4) is 0 Å².